The van der Waals surface area contributed by atoms with Gasteiger partial charge in [-0.3, -0.25) is 0 Å². The summed E-state index contributed by atoms with van der Waals surface area (Å²) in [6.45, 7) is 2.11. The average Bonchev–Trinajstić information content (AvgIpc) is 3.02. The third-order valence-corrected chi connectivity index (χ3v) is 5.30. The van der Waals surface area contributed by atoms with Crippen molar-refractivity contribution >= 4 is 10.9 Å². The predicted molar refractivity (Wildman–Crippen MR) is 102 cm³/mol. The largest absolute Gasteiger partial charge is 0.316 e. The number of nitrogens with zero attached hydrogens (tertiary/aromatic N) is 1. The zero-order valence-electron chi connectivity index (χ0n) is 14.2. The van der Waals surface area contributed by atoms with Crippen molar-refractivity contribution in [2.45, 2.75) is 38.6 Å². The van der Waals surface area contributed by atoms with Gasteiger partial charge < -0.3 is 9.88 Å². The summed E-state index contributed by atoms with van der Waals surface area (Å²) < 4.78 is 2.31. The molecule has 2 aromatic carbocycles. The van der Waals surface area contributed by atoms with Crippen molar-refractivity contribution in [2.75, 3.05) is 6.54 Å². The molecule has 3 aromatic rings. The minimum atomic E-state index is 0.876. The van der Waals surface area contributed by atoms with Crippen LogP contribution in [0.2, 0.25) is 0 Å². The molecule has 0 bridgehead atoms. The van der Waals surface area contributed by atoms with Gasteiger partial charge in [0.2, 0.25) is 0 Å². The summed E-state index contributed by atoms with van der Waals surface area (Å²) >= 11 is 0. The topological polar surface area (TPSA) is 17.0 Å². The first kappa shape index (κ1) is 15.5. The predicted octanol–water partition coefficient (Wildman–Crippen LogP) is 5.30. The van der Waals surface area contributed by atoms with E-state index in [1.807, 2.05) is 0 Å². The summed E-state index contributed by atoms with van der Waals surface area (Å²) in [6, 6.07) is 19.3. The zero-order chi connectivity index (χ0) is 16.2. The lowest BCUT2D eigenvalue weighted by Crippen LogP contribution is -2.24. The lowest BCUT2D eigenvalue weighted by molar-refractivity contribution is 0.342. The Hall–Kier alpha value is -2.06. The molecule has 1 aromatic heterocycles. The molecule has 2 nitrogen and oxygen atoms in total. The Morgan fingerprint density at radius 3 is 2.46 bits per heavy atom. The summed E-state index contributed by atoms with van der Waals surface area (Å²) in [4.78, 5) is 0. The smallest absolute Gasteiger partial charge is 0.0531 e. The Kier molecular flexibility index (Phi) is 4.66. The van der Waals surface area contributed by atoms with E-state index in [9.17, 15) is 0 Å². The standard InChI is InChI=1S/C22H26N2/c1-3-9-18(10-4-1)15-23-16-19-17-24(20-11-5-2-6-12-20)22-14-8-7-13-21(19)22/h2,5-8,11-14,17-18,23H,1,3-4,9-10,15-16H2. The second-order valence-electron chi connectivity index (χ2n) is 7.01. The molecular weight excluding hydrogens is 292 g/mol. The Labute approximate surface area is 144 Å². The average molecular weight is 318 g/mol. The van der Waals surface area contributed by atoms with Crippen LogP contribution in [0, 0.1) is 5.92 Å². The Morgan fingerprint density at radius 2 is 1.62 bits per heavy atom. The molecule has 0 radical (unpaired) electrons. The molecule has 1 heterocycles. The van der Waals surface area contributed by atoms with E-state index in [-0.39, 0.29) is 0 Å². The number of benzene rings is 2. The van der Waals surface area contributed by atoms with Gasteiger partial charge in [0.25, 0.3) is 0 Å². The van der Waals surface area contributed by atoms with Gasteiger partial charge in [0, 0.05) is 23.8 Å². The Bertz CT molecular complexity index is 782. The van der Waals surface area contributed by atoms with Crippen molar-refractivity contribution < 1.29 is 0 Å². The lowest BCUT2D eigenvalue weighted by Gasteiger charge is -2.21. The summed E-state index contributed by atoms with van der Waals surface area (Å²) in [6.07, 6.45) is 9.37. The van der Waals surface area contributed by atoms with E-state index in [2.05, 4.69) is 70.7 Å². The summed E-state index contributed by atoms with van der Waals surface area (Å²) in [5, 5.41) is 5.07. The molecule has 1 aliphatic carbocycles. The van der Waals surface area contributed by atoms with E-state index in [0.717, 1.165) is 19.0 Å². The Balaban J connectivity index is 1.54. The SMILES string of the molecule is c1ccc(-n2cc(CNCC3CCCCC3)c3ccccc32)cc1. The molecule has 0 atom stereocenters. The second-order valence-corrected chi connectivity index (χ2v) is 7.01. The zero-order valence-corrected chi connectivity index (χ0v) is 14.2. The normalized spacial score (nSPS) is 15.8. The molecule has 2 heteroatoms. The van der Waals surface area contributed by atoms with Gasteiger partial charge in [0.1, 0.15) is 0 Å². The fourth-order valence-corrected chi connectivity index (χ4v) is 4.00. The molecule has 24 heavy (non-hydrogen) atoms. The van der Waals surface area contributed by atoms with Gasteiger partial charge in [-0.1, -0.05) is 55.7 Å². The van der Waals surface area contributed by atoms with Crippen molar-refractivity contribution in [3.8, 4) is 5.69 Å². The Morgan fingerprint density at radius 1 is 0.875 bits per heavy atom. The van der Waals surface area contributed by atoms with Crippen LogP contribution in [0.25, 0.3) is 16.6 Å². The number of rotatable bonds is 5. The van der Waals surface area contributed by atoms with Crippen LogP contribution >= 0.6 is 0 Å². The monoisotopic (exact) mass is 318 g/mol. The van der Waals surface area contributed by atoms with Gasteiger partial charge in [0.05, 0.1) is 5.52 Å². The molecule has 0 spiro atoms. The van der Waals surface area contributed by atoms with Crippen molar-refractivity contribution in [3.63, 3.8) is 0 Å². The number of hydrogen-bond acceptors (Lipinski definition) is 1. The van der Waals surface area contributed by atoms with Gasteiger partial charge in [0.15, 0.2) is 0 Å². The van der Waals surface area contributed by atoms with E-state index in [1.54, 1.807) is 0 Å². The molecule has 0 amide bonds. The van der Waals surface area contributed by atoms with Gasteiger partial charge in [-0.15, -0.1) is 0 Å². The maximum atomic E-state index is 3.72. The highest BCUT2D eigenvalue weighted by Crippen LogP contribution is 2.26. The van der Waals surface area contributed by atoms with Crippen LogP contribution in [-0.2, 0) is 6.54 Å². The van der Waals surface area contributed by atoms with Crippen LogP contribution in [0.15, 0.2) is 60.8 Å². The van der Waals surface area contributed by atoms with E-state index in [1.165, 1.54) is 54.3 Å². The number of nitrogens with one attached hydrogen (secondary N) is 1. The fraction of sp³-hybridized carbons (Fsp3) is 0.364. The molecule has 124 valence electrons. The molecule has 1 fully saturated rings. The highest BCUT2D eigenvalue weighted by atomic mass is 15.0. The van der Waals surface area contributed by atoms with Crippen LogP contribution in [-0.4, -0.2) is 11.1 Å². The highest BCUT2D eigenvalue weighted by molar-refractivity contribution is 5.85. The van der Waals surface area contributed by atoms with Crippen molar-refractivity contribution in [2.24, 2.45) is 5.92 Å². The van der Waals surface area contributed by atoms with Crippen LogP contribution < -0.4 is 5.32 Å². The van der Waals surface area contributed by atoms with Crippen molar-refractivity contribution in [1.82, 2.24) is 9.88 Å². The lowest BCUT2D eigenvalue weighted by atomic mass is 9.89. The number of aromatic nitrogens is 1. The molecule has 0 saturated heterocycles. The minimum Gasteiger partial charge on any atom is -0.316 e. The van der Waals surface area contributed by atoms with E-state index < -0.39 is 0 Å². The maximum Gasteiger partial charge on any atom is 0.0531 e. The fourth-order valence-electron chi connectivity index (χ4n) is 4.00. The van der Waals surface area contributed by atoms with Gasteiger partial charge >= 0.3 is 0 Å². The first-order valence-corrected chi connectivity index (χ1v) is 9.27. The third-order valence-electron chi connectivity index (χ3n) is 5.30. The number of para-hydroxylation sites is 2. The first-order chi connectivity index (χ1) is 11.9. The second kappa shape index (κ2) is 7.23. The van der Waals surface area contributed by atoms with Crippen molar-refractivity contribution in [1.29, 1.82) is 0 Å². The molecule has 1 aliphatic rings. The van der Waals surface area contributed by atoms with Crippen LogP contribution in [0.3, 0.4) is 0 Å². The summed E-state index contributed by atoms with van der Waals surface area (Å²) in [7, 11) is 0. The van der Waals surface area contributed by atoms with Gasteiger partial charge in [-0.2, -0.15) is 0 Å². The van der Waals surface area contributed by atoms with E-state index in [4.69, 9.17) is 0 Å². The van der Waals surface area contributed by atoms with E-state index >= 15 is 0 Å². The van der Waals surface area contributed by atoms with Crippen LogP contribution in [0.1, 0.15) is 37.7 Å². The van der Waals surface area contributed by atoms with Crippen LogP contribution in [0.5, 0.6) is 0 Å². The van der Waals surface area contributed by atoms with E-state index in [0.29, 0.717) is 0 Å². The summed E-state index contributed by atoms with van der Waals surface area (Å²) in [5.74, 6) is 0.876. The van der Waals surface area contributed by atoms with Gasteiger partial charge in [-0.25, -0.2) is 0 Å². The summed E-state index contributed by atoms with van der Waals surface area (Å²) in [5.41, 5.74) is 3.91. The minimum absolute atomic E-state index is 0.876. The number of hydrogen-bond donors (Lipinski definition) is 1. The first-order valence-electron chi connectivity index (χ1n) is 9.27. The molecule has 1 saturated carbocycles. The molecule has 1 N–H and O–H groups in total. The van der Waals surface area contributed by atoms with Gasteiger partial charge in [-0.05, 0) is 49.1 Å². The number of fused-ring (bicyclic) bond motifs is 1. The third kappa shape index (κ3) is 3.25. The highest BCUT2D eigenvalue weighted by Gasteiger charge is 2.14. The quantitative estimate of drug-likeness (QED) is 0.675. The molecule has 0 aliphatic heterocycles. The maximum absolute atomic E-state index is 3.72. The van der Waals surface area contributed by atoms with Crippen molar-refractivity contribution in [3.05, 3.63) is 66.4 Å². The molecule has 0 unspecified atom stereocenters. The van der Waals surface area contributed by atoms with Crippen LogP contribution in [0.4, 0.5) is 0 Å². The molecular formula is C22H26N2. The molecule has 4 rings (SSSR count).